The first-order valence-corrected chi connectivity index (χ1v) is 9.32. The van der Waals surface area contributed by atoms with Gasteiger partial charge in [0.2, 0.25) is 0 Å². The fourth-order valence-electron chi connectivity index (χ4n) is 3.10. The van der Waals surface area contributed by atoms with Crippen molar-refractivity contribution in [1.29, 1.82) is 0 Å². The molecule has 2 atom stereocenters. The van der Waals surface area contributed by atoms with Gasteiger partial charge in [-0.15, -0.1) is 0 Å². The molecule has 1 aromatic rings. The van der Waals surface area contributed by atoms with Crippen LogP contribution in [0, 0.1) is 5.92 Å². The maximum atomic E-state index is 12.2. The van der Waals surface area contributed by atoms with Crippen molar-refractivity contribution in [3.63, 3.8) is 0 Å². The molecule has 0 aromatic heterocycles. The zero-order valence-electron chi connectivity index (χ0n) is 12.4. The van der Waals surface area contributed by atoms with Crippen molar-refractivity contribution in [1.82, 2.24) is 0 Å². The Balaban J connectivity index is 2.25. The first kappa shape index (κ1) is 15.4. The maximum Gasteiger partial charge on any atom is 0.180 e. The van der Waals surface area contributed by atoms with Crippen LogP contribution in [0.3, 0.4) is 0 Å². The molecule has 2 rings (SSSR count). The minimum atomic E-state index is -3.17. The zero-order valence-corrected chi connectivity index (χ0v) is 13.2. The summed E-state index contributed by atoms with van der Waals surface area (Å²) in [5, 5.41) is 3.51. The number of rotatable bonds is 5. The third-order valence-electron chi connectivity index (χ3n) is 4.38. The van der Waals surface area contributed by atoms with E-state index in [-0.39, 0.29) is 5.75 Å². The normalized spacial score (nSPS) is 23.5. The Morgan fingerprint density at radius 2 is 1.85 bits per heavy atom. The Labute approximate surface area is 122 Å². The van der Waals surface area contributed by atoms with Crippen LogP contribution in [0.2, 0.25) is 0 Å². The van der Waals surface area contributed by atoms with Crippen LogP contribution in [0.4, 0.5) is 5.69 Å². The van der Waals surface area contributed by atoms with Crippen molar-refractivity contribution in [3.05, 3.63) is 24.3 Å². The first-order valence-electron chi connectivity index (χ1n) is 7.66. The number of anilines is 1. The minimum absolute atomic E-state index is 0.146. The molecule has 2 unspecified atom stereocenters. The number of sulfone groups is 1. The van der Waals surface area contributed by atoms with E-state index in [1.807, 2.05) is 12.1 Å². The molecule has 1 N–H and O–H groups in total. The fourth-order valence-corrected chi connectivity index (χ4v) is 4.16. The van der Waals surface area contributed by atoms with Crippen LogP contribution in [0.5, 0.6) is 0 Å². The number of para-hydroxylation sites is 1. The zero-order chi connectivity index (χ0) is 14.6. The Morgan fingerprint density at radius 1 is 1.15 bits per heavy atom. The molecule has 1 aliphatic carbocycles. The number of hydrogen-bond donors (Lipinski definition) is 1. The van der Waals surface area contributed by atoms with Gasteiger partial charge >= 0.3 is 0 Å². The van der Waals surface area contributed by atoms with Crippen LogP contribution in [0.25, 0.3) is 0 Å². The smallest absolute Gasteiger partial charge is 0.180 e. The molecule has 20 heavy (non-hydrogen) atoms. The van der Waals surface area contributed by atoms with E-state index in [0.717, 1.165) is 18.5 Å². The average molecular weight is 295 g/mol. The SMILES string of the molecule is CCC1CCCCC1Nc1ccccc1S(=O)(=O)CC. The summed E-state index contributed by atoms with van der Waals surface area (Å²) in [6.45, 7) is 3.92. The van der Waals surface area contributed by atoms with Crippen LogP contribution in [0.1, 0.15) is 46.0 Å². The Bertz CT molecular complexity index is 539. The number of hydrogen-bond acceptors (Lipinski definition) is 3. The summed E-state index contributed by atoms with van der Waals surface area (Å²) >= 11 is 0. The van der Waals surface area contributed by atoms with Gasteiger partial charge in [0.05, 0.1) is 16.3 Å². The molecule has 0 heterocycles. The summed E-state index contributed by atoms with van der Waals surface area (Å²) in [5.41, 5.74) is 0.778. The molecule has 1 aromatic carbocycles. The molecule has 0 radical (unpaired) electrons. The van der Waals surface area contributed by atoms with Gasteiger partial charge in [0.1, 0.15) is 0 Å². The lowest BCUT2D eigenvalue weighted by Gasteiger charge is -2.32. The summed E-state index contributed by atoms with van der Waals surface area (Å²) < 4.78 is 24.3. The highest BCUT2D eigenvalue weighted by Crippen LogP contribution is 2.31. The van der Waals surface area contributed by atoms with Crippen molar-refractivity contribution in [2.24, 2.45) is 5.92 Å². The van der Waals surface area contributed by atoms with Gasteiger partial charge in [-0.2, -0.15) is 0 Å². The third-order valence-corrected chi connectivity index (χ3v) is 6.16. The third kappa shape index (κ3) is 3.35. The molecule has 1 aliphatic rings. The van der Waals surface area contributed by atoms with Crippen LogP contribution in [-0.2, 0) is 9.84 Å². The van der Waals surface area contributed by atoms with Crippen molar-refractivity contribution < 1.29 is 8.42 Å². The monoisotopic (exact) mass is 295 g/mol. The summed E-state index contributed by atoms with van der Waals surface area (Å²) in [6.07, 6.45) is 6.07. The minimum Gasteiger partial charge on any atom is -0.381 e. The highest BCUT2D eigenvalue weighted by Gasteiger charge is 2.25. The van der Waals surface area contributed by atoms with Crippen LogP contribution >= 0.6 is 0 Å². The van der Waals surface area contributed by atoms with E-state index in [1.54, 1.807) is 19.1 Å². The maximum absolute atomic E-state index is 12.2. The molecule has 1 saturated carbocycles. The van der Waals surface area contributed by atoms with Crippen molar-refractivity contribution in [2.75, 3.05) is 11.1 Å². The number of nitrogens with one attached hydrogen (secondary N) is 1. The molecule has 0 spiro atoms. The molecular weight excluding hydrogens is 270 g/mol. The quantitative estimate of drug-likeness (QED) is 0.897. The van der Waals surface area contributed by atoms with Crippen LogP contribution in [-0.4, -0.2) is 20.2 Å². The van der Waals surface area contributed by atoms with Gasteiger partial charge in [0.25, 0.3) is 0 Å². The van der Waals surface area contributed by atoms with Crippen molar-refractivity contribution in [2.45, 2.75) is 56.9 Å². The van der Waals surface area contributed by atoms with E-state index < -0.39 is 9.84 Å². The Morgan fingerprint density at radius 3 is 2.55 bits per heavy atom. The summed E-state index contributed by atoms with van der Waals surface area (Å²) in [4.78, 5) is 0.447. The van der Waals surface area contributed by atoms with Gasteiger partial charge in [-0.25, -0.2) is 8.42 Å². The van der Waals surface area contributed by atoms with Gasteiger partial charge in [-0.3, -0.25) is 0 Å². The van der Waals surface area contributed by atoms with Gasteiger partial charge < -0.3 is 5.32 Å². The van der Waals surface area contributed by atoms with Gasteiger partial charge in [0, 0.05) is 6.04 Å². The molecule has 4 heteroatoms. The predicted octanol–water partition coefficient (Wildman–Crippen LogP) is 3.86. The van der Waals surface area contributed by atoms with E-state index in [9.17, 15) is 8.42 Å². The predicted molar refractivity (Wildman–Crippen MR) is 83.8 cm³/mol. The molecule has 0 bridgehead atoms. The van der Waals surface area contributed by atoms with Crippen LogP contribution < -0.4 is 5.32 Å². The Kier molecular flexibility index (Phi) is 5.08. The highest BCUT2D eigenvalue weighted by molar-refractivity contribution is 7.91. The highest BCUT2D eigenvalue weighted by atomic mass is 32.2. The van der Waals surface area contributed by atoms with Crippen molar-refractivity contribution in [3.8, 4) is 0 Å². The lowest BCUT2D eigenvalue weighted by molar-refractivity contribution is 0.317. The van der Waals surface area contributed by atoms with E-state index >= 15 is 0 Å². The molecule has 3 nitrogen and oxygen atoms in total. The number of benzene rings is 1. The average Bonchev–Trinajstić information content (AvgIpc) is 2.48. The fraction of sp³-hybridized carbons (Fsp3) is 0.625. The lowest BCUT2D eigenvalue weighted by atomic mass is 9.83. The molecule has 112 valence electrons. The van der Waals surface area contributed by atoms with E-state index in [1.165, 1.54) is 19.3 Å². The molecular formula is C16H25NO2S. The van der Waals surface area contributed by atoms with Crippen molar-refractivity contribution >= 4 is 15.5 Å². The van der Waals surface area contributed by atoms with E-state index in [4.69, 9.17) is 0 Å². The van der Waals surface area contributed by atoms with Gasteiger partial charge in [0.15, 0.2) is 9.84 Å². The van der Waals surface area contributed by atoms with Gasteiger partial charge in [-0.05, 0) is 30.9 Å². The second-order valence-electron chi connectivity index (χ2n) is 5.60. The summed E-state index contributed by atoms with van der Waals surface area (Å²) in [7, 11) is -3.17. The van der Waals surface area contributed by atoms with E-state index in [2.05, 4.69) is 12.2 Å². The first-order chi connectivity index (χ1) is 9.58. The second kappa shape index (κ2) is 6.61. The molecule has 0 aliphatic heterocycles. The Hall–Kier alpha value is -1.03. The van der Waals surface area contributed by atoms with Gasteiger partial charge in [-0.1, -0.05) is 45.2 Å². The topological polar surface area (TPSA) is 46.2 Å². The van der Waals surface area contributed by atoms with Crippen LogP contribution in [0.15, 0.2) is 29.2 Å². The largest absolute Gasteiger partial charge is 0.381 e. The summed E-state index contributed by atoms with van der Waals surface area (Å²) in [5.74, 6) is 0.800. The molecule has 0 saturated heterocycles. The lowest BCUT2D eigenvalue weighted by Crippen LogP contribution is -2.32. The summed E-state index contributed by atoms with van der Waals surface area (Å²) in [6, 6.07) is 7.71. The van der Waals surface area contributed by atoms with E-state index in [0.29, 0.717) is 16.9 Å². The molecule has 1 fully saturated rings. The molecule has 0 amide bonds. The standard InChI is InChI=1S/C16H25NO2S/c1-3-13-9-5-6-10-14(13)17-15-11-7-8-12-16(15)20(18,19)4-2/h7-8,11-14,17H,3-6,9-10H2,1-2H3. The second-order valence-corrected chi connectivity index (χ2v) is 7.85.